The van der Waals surface area contributed by atoms with Gasteiger partial charge in [0, 0.05) is 37.6 Å². The van der Waals surface area contributed by atoms with Gasteiger partial charge in [-0.25, -0.2) is 0 Å². The third-order valence-corrected chi connectivity index (χ3v) is 6.27. The predicted octanol–water partition coefficient (Wildman–Crippen LogP) is 4.65. The first-order chi connectivity index (χ1) is 15.2. The van der Waals surface area contributed by atoms with E-state index < -0.39 is 5.60 Å². The van der Waals surface area contributed by atoms with E-state index in [1.807, 2.05) is 30.3 Å². The molecule has 0 spiro atoms. The molecule has 1 atom stereocenters. The van der Waals surface area contributed by atoms with Crippen molar-refractivity contribution < 1.29 is 9.84 Å². The molecule has 4 heteroatoms. The lowest BCUT2D eigenvalue weighted by atomic mass is 9.80. The van der Waals surface area contributed by atoms with Crippen molar-refractivity contribution in [3.63, 3.8) is 0 Å². The van der Waals surface area contributed by atoms with E-state index in [1.165, 1.54) is 11.4 Å². The Morgan fingerprint density at radius 2 is 1.29 bits per heavy atom. The molecule has 4 nitrogen and oxygen atoms in total. The van der Waals surface area contributed by atoms with Crippen LogP contribution in [0.2, 0.25) is 0 Å². The highest BCUT2D eigenvalue weighted by molar-refractivity contribution is 5.56. The number of hydrogen-bond donors (Lipinski definition) is 1. The molecule has 1 aliphatic heterocycles. The normalized spacial score (nSPS) is 16.0. The van der Waals surface area contributed by atoms with Gasteiger partial charge in [0.25, 0.3) is 0 Å². The van der Waals surface area contributed by atoms with Crippen molar-refractivity contribution in [1.29, 1.82) is 0 Å². The minimum atomic E-state index is -1.22. The molecule has 1 heterocycles. The van der Waals surface area contributed by atoms with Crippen LogP contribution in [0.15, 0.2) is 78.9 Å². The van der Waals surface area contributed by atoms with Crippen molar-refractivity contribution in [2.24, 2.45) is 0 Å². The van der Waals surface area contributed by atoms with Crippen LogP contribution >= 0.6 is 0 Å². The molecule has 1 fully saturated rings. The monoisotopic (exact) mass is 416 g/mol. The average Bonchev–Trinajstić information content (AvgIpc) is 2.86. The molecule has 1 N–H and O–H groups in total. The average molecular weight is 417 g/mol. The standard InChI is InChI=1S/C27H32N2O2/c1-3-28(4-2)25-14-10-23(11-15-25)27(30,22-8-6-5-7-9-22)24-12-16-26(17-13-24)29-18-20-31-21-19-29/h5-17,30H,3-4,18-21H2,1-2H3. The van der Waals surface area contributed by atoms with Crippen molar-refractivity contribution in [2.45, 2.75) is 19.4 Å². The van der Waals surface area contributed by atoms with Crippen molar-refractivity contribution in [3.05, 3.63) is 95.6 Å². The van der Waals surface area contributed by atoms with Crippen LogP contribution in [0.1, 0.15) is 30.5 Å². The minimum Gasteiger partial charge on any atom is -0.378 e. The third kappa shape index (κ3) is 4.32. The minimum absolute atomic E-state index is 0.759. The van der Waals surface area contributed by atoms with E-state index in [-0.39, 0.29) is 0 Å². The Bertz CT molecular complexity index is 947. The van der Waals surface area contributed by atoms with Crippen LogP contribution in [0.25, 0.3) is 0 Å². The summed E-state index contributed by atoms with van der Waals surface area (Å²) in [6.45, 7) is 9.55. The van der Waals surface area contributed by atoms with E-state index in [0.29, 0.717) is 0 Å². The molecule has 3 aromatic carbocycles. The summed E-state index contributed by atoms with van der Waals surface area (Å²) in [6, 6.07) is 26.6. The molecule has 1 saturated heterocycles. The van der Waals surface area contributed by atoms with Crippen LogP contribution in [0.4, 0.5) is 11.4 Å². The fraction of sp³-hybridized carbons (Fsp3) is 0.333. The van der Waals surface area contributed by atoms with E-state index in [1.54, 1.807) is 0 Å². The molecule has 0 bridgehead atoms. The summed E-state index contributed by atoms with van der Waals surface area (Å²) in [5.74, 6) is 0. The molecule has 0 aromatic heterocycles. The molecule has 3 aromatic rings. The number of morpholine rings is 1. The molecule has 4 rings (SSSR count). The quantitative estimate of drug-likeness (QED) is 0.569. The second-order valence-electron chi connectivity index (χ2n) is 7.94. The predicted molar refractivity (Wildman–Crippen MR) is 128 cm³/mol. The van der Waals surface area contributed by atoms with Crippen LogP contribution in [0, 0.1) is 0 Å². The van der Waals surface area contributed by atoms with Crippen LogP contribution < -0.4 is 9.80 Å². The highest BCUT2D eigenvalue weighted by Gasteiger charge is 2.34. The summed E-state index contributed by atoms with van der Waals surface area (Å²) in [7, 11) is 0. The first-order valence-electron chi connectivity index (χ1n) is 11.2. The summed E-state index contributed by atoms with van der Waals surface area (Å²) >= 11 is 0. The first kappa shape index (κ1) is 21.4. The highest BCUT2D eigenvalue weighted by Crippen LogP contribution is 2.38. The van der Waals surface area contributed by atoms with Gasteiger partial charge in [0.15, 0.2) is 0 Å². The summed E-state index contributed by atoms with van der Waals surface area (Å²) < 4.78 is 5.47. The number of benzene rings is 3. The summed E-state index contributed by atoms with van der Waals surface area (Å²) in [5, 5.41) is 12.1. The zero-order valence-corrected chi connectivity index (χ0v) is 18.5. The van der Waals surface area contributed by atoms with E-state index in [4.69, 9.17) is 4.74 Å². The van der Waals surface area contributed by atoms with Gasteiger partial charge in [-0.2, -0.15) is 0 Å². The molecule has 1 unspecified atom stereocenters. The maximum atomic E-state index is 12.1. The number of hydrogen-bond acceptors (Lipinski definition) is 4. The molecule has 0 radical (unpaired) electrons. The zero-order valence-electron chi connectivity index (χ0n) is 18.5. The molecule has 0 amide bonds. The molecular formula is C27H32N2O2. The second-order valence-corrected chi connectivity index (χ2v) is 7.94. The lowest BCUT2D eigenvalue weighted by molar-refractivity contribution is 0.122. The third-order valence-electron chi connectivity index (χ3n) is 6.27. The maximum Gasteiger partial charge on any atom is 0.140 e. The molecule has 0 aliphatic carbocycles. The summed E-state index contributed by atoms with van der Waals surface area (Å²) in [5.41, 5.74) is 3.72. The van der Waals surface area contributed by atoms with Gasteiger partial charge in [-0.05, 0) is 54.8 Å². The molecule has 31 heavy (non-hydrogen) atoms. The fourth-order valence-electron chi connectivity index (χ4n) is 4.42. The molecule has 162 valence electrons. The van der Waals surface area contributed by atoms with E-state index in [0.717, 1.165) is 56.1 Å². The van der Waals surface area contributed by atoms with Crippen LogP contribution in [-0.2, 0) is 10.3 Å². The van der Waals surface area contributed by atoms with Crippen LogP contribution in [0.3, 0.4) is 0 Å². The van der Waals surface area contributed by atoms with Crippen LogP contribution in [-0.4, -0.2) is 44.5 Å². The van der Waals surface area contributed by atoms with Gasteiger partial charge >= 0.3 is 0 Å². The Hall–Kier alpha value is -2.82. The number of rotatable bonds is 7. The molecule has 0 saturated carbocycles. The van der Waals surface area contributed by atoms with E-state index in [2.05, 4.69) is 72.2 Å². The van der Waals surface area contributed by atoms with Crippen LogP contribution in [0.5, 0.6) is 0 Å². The highest BCUT2D eigenvalue weighted by atomic mass is 16.5. The number of nitrogens with zero attached hydrogens (tertiary/aromatic N) is 2. The number of aliphatic hydroxyl groups is 1. The van der Waals surface area contributed by atoms with Crippen molar-refractivity contribution >= 4 is 11.4 Å². The van der Waals surface area contributed by atoms with Gasteiger partial charge < -0.3 is 19.6 Å². The molecular weight excluding hydrogens is 384 g/mol. The number of anilines is 2. The number of ether oxygens (including phenoxy) is 1. The summed E-state index contributed by atoms with van der Waals surface area (Å²) in [6.07, 6.45) is 0. The van der Waals surface area contributed by atoms with Gasteiger partial charge in [0.2, 0.25) is 0 Å². The second kappa shape index (κ2) is 9.54. The summed E-state index contributed by atoms with van der Waals surface area (Å²) in [4.78, 5) is 4.64. The van der Waals surface area contributed by atoms with Crippen molar-refractivity contribution in [3.8, 4) is 0 Å². The lowest BCUT2D eigenvalue weighted by Gasteiger charge is -2.32. The lowest BCUT2D eigenvalue weighted by Crippen LogP contribution is -2.36. The Kier molecular flexibility index (Phi) is 6.59. The fourth-order valence-corrected chi connectivity index (χ4v) is 4.42. The largest absolute Gasteiger partial charge is 0.378 e. The Balaban J connectivity index is 1.72. The smallest absolute Gasteiger partial charge is 0.140 e. The van der Waals surface area contributed by atoms with Gasteiger partial charge in [-0.1, -0.05) is 54.6 Å². The van der Waals surface area contributed by atoms with Crippen molar-refractivity contribution in [1.82, 2.24) is 0 Å². The molecule has 1 aliphatic rings. The van der Waals surface area contributed by atoms with Gasteiger partial charge in [0.1, 0.15) is 5.60 Å². The van der Waals surface area contributed by atoms with Gasteiger partial charge in [-0.3, -0.25) is 0 Å². The Morgan fingerprint density at radius 3 is 1.84 bits per heavy atom. The van der Waals surface area contributed by atoms with E-state index in [9.17, 15) is 5.11 Å². The Labute approximate surface area is 185 Å². The topological polar surface area (TPSA) is 35.9 Å². The van der Waals surface area contributed by atoms with E-state index >= 15 is 0 Å². The van der Waals surface area contributed by atoms with Crippen molar-refractivity contribution in [2.75, 3.05) is 49.2 Å². The first-order valence-corrected chi connectivity index (χ1v) is 11.2. The van der Waals surface area contributed by atoms with Gasteiger partial charge in [-0.15, -0.1) is 0 Å². The maximum absolute atomic E-state index is 12.1. The SMILES string of the molecule is CCN(CC)c1ccc(C(O)(c2ccccc2)c2ccc(N3CCOCC3)cc2)cc1. The Morgan fingerprint density at radius 1 is 0.774 bits per heavy atom. The zero-order chi connectivity index (χ0) is 21.7. The van der Waals surface area contributed by atoms with Gasteiger partial charge in [0.05, 0.1) is 13.2 Å².